The van der Waals surface area contributed by atoms with Crippen molar-refractivity contribution < 1.29 is 0 Å². The van der Waals surface area contributed by atoms with Crippen molar-refractivity contribution in [3.8, 4) is 34.2 Å². The number of fused-ring (bicyclic) bond motifs is 1. The zero-order chi connectivity index (χ0) is 19.6. The first-order valence-electron chi connectivity index (χ1n) is 9.33. The Bertz CT molecular complexity index is 1240. The fourth-order valence-electron chi connectivity index (χ4n) is 3.29. The molecular weight excluding hydrogens is 378 g/mol. The van der Waals surface area contributed by atoms with Gasteiger partial charge in [0.05, 0.1) is 0 Å². The van der Waals surface area contributed by atoms with Gasteiger partial charge in [-0.1, -0.05) is 90.5 Å². The Kier molecular flexibility index (Phi) is 4.51. The van der Waals surface area contributed by atoms with E-state index < -0.39 is 0 Å². The van der Waals surface area contributed by atoms with E-state index in [9.17, 15) is 0 Å². The van der Waals surface area contributed by atoms with Crippen LogP contribution in [0.4, 0.5) is 0 Å². The third-order valence-electron chi connectivity index (χ3n) is 4.76. The molecule has 0 fully saturated rings. The van der Waals surface area contributed by atoms with E-state index in [1.165, 1.54) is 0 Å². The Hall–Kier alpha value is -3.56. The molecule has 5 aromatic rings. The van der Waals surface area contributed by atoms with E-state index in [-0.39, 0.29) is 0 Å². The first-order chi connectivity index (χ1) is 14.3. The number of nitrogens with zero attached hydrogens (tertiary/aromatic N) is 3. The molecule has 0 atom stereocenters. The predicted octanol–water partition coefficient (Wildman–Crippen LogP) is 6.68. The Morgan fingerprint density at radius 2 is 0.931 bits per heavy atom. The van der Waals surface area contributed by atoms with Crippen molar-refractivity contribution >= 4 is 22.4 Å². The van der Waals surface area contributed by atoms with E-state index >= 15 is 0 Å². The first kappa shape index (κ1) is 17.5. The summed E-state index contributed by atoms with van der Waals surface area (Å²) in [5.41, 5.74) is 2.86. The topological polar surface area (TPSA) is 38.7 Å². The molecule has 4 aromatic carbocycles. The monoisotopic (exact) mass is 393 g/mol. The highest BCUT2D eigenvalue weighted by molar-refractivity contribution is 6.31. The molecule has 0 saturated heterocycles. The van der Waals surface area contributed by atoms with Crippen molar-refractivity contribution in [1.29, 1.82) is 0 Å². The first-order valence-corrected chi connectivity index (χ1v) is 9.71. The van der Waals surface area contributed by atoms with Crippen LogP contribution < -0.4 is 0 Å². The molecular formula is C25H16ClN3. The standard InChI is InChI=1S/C25H16ClN3/c26-22-14-13-19-15-21(12-11-20(19)16-22)25-28-23(17-7-3-1-4-8-17)27-24(29-25)18-9-5-2-6-10-18/h1-16H. The molecule has 0 N–H and O–H groups in total. The van der Waals surface area contributed by atoms with Gasteiger partial charge < -0.3 is 0 Å². The van der Waals surface area contributed by atoms with Crippen LogP contribution in [0.5, 0.6) is 0 Å². The predicted molar refractivity (Wildman–Crippen MR) is 119 cm³/mol. The minimum Gasteiger partial charge on any atom is -0.208 e. The summed E-state index contributed by atoms with van der Waals surface area (Å²) < 4.78 is 0. The summed E-state index contributed by atoms with van der Waals surface area (Å²) in [7, 11) is 0. The van der Waals surface area contributed by atoms with Crippen LogP contribution in [-0.4, -0.2) is 15.0 Å². The van der Waals surface area contributed by atoms with Crippen LogP contribution in [0.15, 0.2) is 97.1 Å². The largest absolute Gasteiger partial charge is 0.208 e. The average molecular weight is 394 g/mol. The molecule has 1 aromatic heterocycles. The number of benzene rings is 4. The van der Waals surface area contributed by atoms with Crippen molar-refractivity contribution in [2.75, 3.05) is 0 Å². The van der Waals surface area contributed by atoms with Crippen molar-refractivity contribution in [2.24, 2.45) is 0 Å². The summed E-state index contributed by atoms with van der Waals surface area (Å²) >= 11 is 6.12. The summed E-state index contributed by atoms with van der Waals surface area (Å²) in [6, 6.07) is 32.0. The Labute approximate surface area is 173 Å². The molecule has 0 saturated carbocycles. The normalized spacial score (nSPS) is 10.9. The molecule has 0 aliphatic heterocycles. The summed E-state index contributed by atoms with van der Waals surface area (Å²) in [6.07, 6.45) is 0. The zero-order valence-corrected chi connectivity index (χ0v) is 16.2. The molecule has 0 radical (unpaired) electrons. The number of halogens is 1. The molecule has 3 nitrogen and oxygen atoms in total. The molecule has 29 heavy (non-hydrogen) atoms. The van der Waals surface area contributed by atoms with Gasteiger partial charge in [-0.15, -0.1) is 0 Å². The molecule has 0 aliphatic rings. The highest BCUT2D eigenvalue weighted by Crippen LogP contribution is 2.27. The summed E-state index contributed by atoms with van der Waals surface area (Å²) in [5.74, 6) is 1.96. The molecule has 5 rings (SSSR count). The maximum atomic E-state index is 6.12. The number of rotatable bonds is 3. The molecule has 0 unspecified atom stereocenters. The molecule has 0 bridgehead atoms. The molecule has 1 heterocycles. The Balaban J connectivity index is 1.70. The Morgan fingerprint density at radius 1 is 0.448 bits per heavy atom. The van der Waals surface area contributed by atoms with Crippen molar-refractivity contribution in [3.05, 3.63) is 102 Å². The van der Waals surface area contributed by atoms with Gasteiger partial charge in [-0.25, -0.2) is 15.0 Å². The second-order valence-corrected chi connectivity index (χ2v) is 7.18. The Morgan fingerprint density at radius 3 is 1.52 bits per heavy atom. The van der Waals surface area contributed by atoms with Gasteiger partial charge in [0.2, 0.25) is 0 Å². The number of hydrogen-bond donors (Lipinski definition) is 0. The molecule has 138 valence electrons. The fourth-order valence-corrected chi connectivity index (χ4v) is 3.47. The fraction of sp³-hybridized carbons (Fsp3) is 0. The van der Waals surface area contributed by atoms with Gasteiger partial charge in [-0.05, 0) is 29.0 Å². The van der Waals surface area contributed by atoms with Crippen molar-refractivity contribution in [1.82, 2.24) is 15.0 Å². The van der Waals surface area contributed by atoms with Gasteiger partial charge in [-0.3, -0.25) is 0 Å². The molecule has 4 heteroatoms. The van der Waals surface area contributed by atoms with Gasteiger partial charge in [-0.2, -0.15) is 0 Å². The van der Waals surface area contributed by atoms with E-state index in [0.717, 1.165) is 32.5 Å². The molecule has 0 spiro atoms. The van der Waals surface area contributed by atoms with Gasteiger partial charge >= 0.3 is 0 Å². The summed E-state index contributed by atoms with van der Waals surface area (Å²) in [5, 5.41) is 2.90. The SMILES string of the molecule is Clc1ccc2cc(-c3nc(-c4ccccc4)nc(-c4ccccc4)n3)ccc2c1. The van der Waals surface area contributed by atoms with Crippen molar-refractivity contribution in [2.45, 2.75) is 0 Å². The maximum Gasteiger partial charge on any atom is 0.164 e. The van der Waals surface area contributed by atoms with Crippen LogP contribution in [0, 0.1) is 0 Å². The highest BCUT2D eigenvalue weighted by atomic mass is 35.5. The van der Waals surface area contributed by atoms with E-state index in [0.29, 0.717) is 17.5 Å². The summed E-state index contributed by atoms with van der Waals surface area (Å²) in [6.45, 7) is 0. The molecule has 0 amide bonds. The second-order valence-electron chi connectivity index (χ2n) is 6.74. The van der Waals surface area contributed by atoms with E-state index in [1.807, 2.05) is 91.0 Å². The quantitative estimate of drug-likeness (QED) is 0.343. The highest BCUT2D eigenvalue weighted by Gasteiger charge is 2.12. The zero-order valence-electron chi connectivity index (χ0n) is 15.5. The lowest BCUT2D eigenvalue weighted by molar-refractivity contribution is 1.07. The second kappa shape index (κ2) is 7.46. The third-order valence-corrected chi connectivity index (χ3v) is 4.99. The van der Waals surface area contributed by atoms with Gasteiger partial charge in [0.15, 0.2) is 17.5 Å². The maximum absolute atomic E-state index is 6.12. The summed E-state index contributed by atoms with van der Waals surface area (Å²) in [4.78, 5) is 14.3. The van der Waals surface area contributed by atoms with Crippen LogP contribution in [0.25, 0.3) is 44.9 Å². The van der Waals surface area contributed by atoms with Crippen LogP contribution in [-0.2, 0) is 0 Å². The van der Waals surface area contributed by atoms with Gasteiger partial charge in [0.1, 0.15) is 0 Å². The van der Waals surface area contributed by atoms with Crippen LogP contribution in [0.3, 0.4) is 0 Å². The van der Waals surface area contributed by atoms with Crippen LogP contribution >= 0.6 is 11.6 Å². The smallest absolute Gasteiger partial charge is 0.164 e. The van der Waals surface area contributed by atoms with E-state index in [4.69, 9.17) is 26.6 Å². The van der Waals surface area contributed by atoms with E-state index in [1.54, 1.807) is 0 Å². The average Bonchev–Trinajstić information content (AvgIpc) is 2.79. The lowest BCUT2D eigenvalue weighted by atomic mass is 10.1. The third kappa shape index (κ3) is 3.60. The van der Waals surface area contributed by atoms with Crippen LogP contribution in [0.2, 0.25) is 5.02 Å². The van der Waals surface area contributed by atoms with Crippen molar-refractivity contribution in [3.63, 3.8) is 0 Å². The minimum atomic E-state index is 0.648. The lowest BCUT2D eigenvalue weighted by Crippen LogP contribution is -2.00. The van der Waals surface area contributed by atoms with Gasteiger partial charge in [0, 0.05) is 21.7 Å². The number of hydrogen-bond acceptors (Lipinski definition) is 3. The lowest BCUT2D eigenvalue weighted by Gasteiger charge is -2.09. The van der Waals surface area contributed by atoms with Gasteiger partial charge in [0.25, 0.3) is 0 Å². The van der Waals surface area contributed by atoms with E-state index in [2.05, 4.69) is 6.07 Å². The minimum absolute atomic E-state index is 0.648. The molecule has 0 aliphatic carbocycles. The van der Waals surface area contributed by atoms with Crippen LogP contribution in [0.1, 0.15) is 0 Å². The number of aromatic nitrogens is 3.